The fourth-order valence-corrected chi connectivity index (χ4v) is 3.45. The fraction of sp³-hybridized carbons (Fsp3) is 0.238. The van der Waals surface area contributed by atoms with Gasteiger partial charge >= 0.3 is 6.03 Å². The van der Waals surface area contributed by atoms with Gasteiger partial charge in [-0.3, -0.25) is 5.32 Å². The molecule has 0 fully saturated rings. The standard InChI is InChI=1S/C21H21FN4O2/c1-13-19(17-7-2-3-8-18(17)22)28-26-20(13)25-21(27)24-12-15-6-4-5-14-11-23-10-9-16(14)15/h2-8,23H,9-12H2,1H3,(H2,24,25,26,27). The van der Waals surface area contributed by atoms with E-state index in [2.05, 4.69) is 27.2 Å². The van der Waals surface area contributed by atoms with Gasteiger partial charge in [-0.15, -0.1) is 0 Å². The Kier molecular flexibility index (Phi) is 5.08. The number of rotatable bonds is 4. The molecule has 0 bridgehead atoms. The Hall–Kier alpha value is -3.19. The molecule has 2 aromatic carbocycles. The average molecular weight is 380 g/mol. The van der Waals surface area contributed by atoms with Gasteiger partial charge in [0.1, 0.15) is 5.82 Å². The topological polar surface area (TPSA) is 79.2 Å². The molecule has 1 aliphatic rings. The van der Waals surface area contributed by atoms with Crippen molar-refractivity contribution >= 4 is 11.8 Å². The first-order valence-corrected chi connectivity index (χ1v) is 9.20. The summed E-state index contributed by atoms with van der Waals surface area (Å²) >= 11 is 0. The smallest absolute Gasteiger partial charge is 0.320 e. The van der Waals surface area contributed by atoms with Crippen LogP contribution >= 0.6 is 0 Å². The van der Waals surface area contributed by atoms with Crippen molar-refractivity contribution in [3.63, 3.8) is 0 Å². The number of amides is 2. The molecule has 6 nitrogen and oxygen atoms in total. The van der Waals surface area contributed by atoms with Gasteiger partial charge in [0.15, 0.2) is 11.6 Å². The summed E-state index contributed by atoms with van der Waals surface area (Å²) in [5.74, 6) is 0.175. The van der Waals surface area contributed by atoms with Gasteiger partial charge in [0.2, 0.25) is 0 Å². The zero-order valence-electron chi connectivity index (χ0n) is 15.5. The molecule has 0 radical (unpaired) electrons. The number of hydrogen-bond donors (Lipinski definition) is 3. The fourth-order valence-electron chi connectivity index (χ4n) is 3.45. The number of carbonyl (C=O) groups is 1. The molecule has 7 heteroatoms. The van der Waals surface area contributed by atoms with Crippen molar-refractivity contribution < 1.29 is 13.7 Å². The molecule has 0 saturated heterocycles. The quantitative estimate of drug-likeness (QED) is 0.644. The van der Waals surface area contributed by atoms with Gasteiger partial charge in [-0.2, -0.15) is 0 Å². The van der Waals surface area contributed by atoms with E-state index >= 15 is 0 Å². The second kappa shape index (κ2) is 7.82. The number of fused-ring (bicyclic) bond motifs is 1. The Morgan fingerprint density at radius 2 is 2.11 bits per heavy atom. The Bertz CT molecular complexity index is 1020. The Morgan fingerprint density at radius 1 is 1.25 bits per heavy atom. The maximum atomic E-state index is 14.0. The summed E-state index contributed by atoms with van der Waals surface area (Å²) in [6.45, 7) is 3.94. The molecular weight excluding hydrogens is 359 g/mol. The molecule has 0 spiro atoms. The largest absolute Gasteiger partial charge is 0.354 e. The van der Waals surface area contributed by atoms with Crippen LogP contribution in [0.2, 0.25) is 0 Å². The van der Waals surface area contributed by atoms with Gasteiger partial charge in [-0.25, -0.2) is 9.18 Å². The first kappa shape index (κ1) is 18.2. The highest BCUT2D eigenvalue weighted by atomic mass is 19.1. The molecule has 0 atom stereocenters. The Labute approximate surface area is 162 Å². The molecule has 0 unspecified atom stereocenters. The van der Waals surface area contributed by atoms with Crippen molar-refractivity contribution in [2.75, 3.05) is 11.9 Å². The first-order valence-electron chi connectivity index (χ1n) is 9.20. The van der Waals surface area contributed by atoms with Crippen molar-refractivity contribution in [3.8, 4) is 11.3 Å². The molecule has 0 saturated carbocycles. The molecule has 2 amide bonds. The lowest BCUT2D eigenvalue weighted by atomic mass is 9.95. The van der Waals surface area contributed by atoms with E-state index in [0.29, 0.717) is 23.4 Å². The third kappa shape index (κ3) is 3.61. The van der Waals surface area contributed by atoms with E-state index in [0.717, 1.165) is 25.1 Å². The van der Waals surface area contributed by atoms with Gasteiger partial charge < -0.3 is 15.2 Å². The summed E-state index contributed by atoms with van der Waals surface area (Å²) < 4.78 is 19.2. The monoisotopic (exact) mass is 380 g/mol. The minimum absolute atomic E-state index is 0.273. The minimum Gasteiger partial charge on any atom is -0.354 e. The van der Waals surface area contributed by atoms with Crippen LogP contribution in [0.1, 0.15) is 22.3 Å². The summed E-state index contributed by atoms with van der Waals surface area (Å²) in [5, 5.41) is 12.8. The summed E-state index contributed by atoms with van der Waals surface area (Å²) in [6.07, 6.45) is 0.948. The van der Waals surface area contributed by atoms with Crippen LogP contribution in [0.3, 0.4) is 0 Å². The van der Waals surface area contributed by atoms with Gasteiger partial charge in [-0.05, 0) is 48.7 Å². The highest BCUT2D eigenvalue weighted by Crippen LogP contribution is 2.30. The number of nitrogens with zero attached hydrogens (tertiary/aromatic N) is 1. The van der Waals surface area contributed by atoms with Gasteiger partial charge in [0.05, 0.1) is 5.56 Å². The first-order chi connectivity index (χ1) is 13.6. The van der Waals surface area contributed by atoms with Crippen molar-refractivity contribution in [1.82, 2.24) is 15.8 Å². The van der Waals surface area contributed by atoms with Crippen LogP contribution < -0.4 is 16.0 Å². The van der Waals surface area contributed by atoms with Crippen LogP contribution in [-0.4, -0.2) is 17.7 Å². The molecular formula is C21H21FN4O2. The van der Waals surface area contributed by atoms with Gasteiger partial charge in [0, 0.05) is 18.7 Å². The van der Waals surface area contributed by atoms with Crippen LogP contribution in [0.5, 0.6) is 0 Å². The van der Waals surface area contributed by atoms with Crippen molar-refractivity contribution in [2.24, 2.45) is 0 Å². The lowest BCUT2D eigenvalue weighted by Crippen LogP contribution is -2.30. The van der Waals surface area contributed by atoms with Crippen LogP contribution in [0.4, 0.5) is 15.0 Å². The van der Waals surface area contributed by atoms with Crippen molar-refractivity contribution in [2.45, 2.75) is 26.4 Å². The SMILES string of the molecule is Cc1c(NC(=O)NCc2cccc3c2CCNC3)noc1-c1ccccc1F. The second-order valence-electron chi connectivity index (χ2n) is 6.75. The van der Waals surface area contributed by atoms with Crippen LogP contribution in [-0.2, 0) is 19.5 Å². The van der Waals surface area contributed by atoms with Gasteiger partial charge in [-0.1, -0.05) is 35.5 Å². The average Bonchev–Trinajstić information content (AvgIpc) is 3.07. The number of aromatic nitrogens is 1. The van der Waals surface area contributed by atoms with Crippen molar-refractivity contribution in [3.05, 3.63) is 70.5 Å². The van der Waals surface area contributed by atoms with E-state index in [9.17, 15) is 9.18 Å². The summed E-state index contributed by atoms with van der Waals surface area (Å²) in [7, 11) is 0. The van der Waals surface area contributed by atoms with E-state index in [1.165, 1.54) is 17.2 Å². The lowest BCUT2D eigenvalue weighted by Gasteiger charge is -2.20. The Balaban J connectivity index is 1.43. The molecule has 3 aromatic rings. The number of halogens is 1. The van der Waals surface area contributed by atoms with E-state index in [-0.39, 0.29) is 11.8 Å². The highest BCUT2D eigenvalue weighted by molar-refractivity contribution is 5.89. The molecule has 1 aliphatic heterocycles. The number of carbonyl (C=O) groups excluding carboxylic acids is 1. The molecule has 3 N–H and O–H groups in total. The van der Waals surface area contributed by atoms with E-state index < -0.39 is 5.82 Å². The number of urea groups is 1. The number of anilines is 1. The van der Waals surface area contributed by atoms with Crippen LogP contribution in [0, 0.1) is 12.7 Å². The third-order valence-electron chi connectivity index (χ3n) is 4.95. The van der Waals surface area contributed by atoms with Gasteiger partial charge in [0.25, 0.3) is 0 Å². The number of benzene rings is 2. The molecule has 1 aromatic heterocycles. The summed E-state index contributed by atoms with van der Waals surface area (Å²) in [6, 6.07) is 12.0. The normalized spacial score (nSPS) is 13.1. The highest BCUT2D eigenvalue weighted by Gasteiger charge is 2.18. The van der Waals surface area contributed by atoms with Crippen LogP contribution in [0.15, 0.2) is 47.0 Å². The molecule has 4 rings (SSSR count). The van der Waals surface area contributed by atoms with E-state index in [1.54, 1.807) is 25.1 Å². The van der Waals surface area contributed by atoms with Crippen LogP contribution in [0.25, 0.3) is 11.3 Å². The minimum atomic E-state index is -0.402. The molecule has 144 valence electrons. The number of hydrogen-bond acceptors (Lipinski definition) is 4. The lowest BCUT2D eigenvalue weighted by molar-refractivity contribution is 0.251. The number of nitrogens with one attached hydrogen (secondary N) is 3. The third-order valence-corrected chi connectivity index (χ3v) is 4.95. The maximum Gasteiger partial charge on any atom is 0.320 e. The van der Waals surface area contributed by atoms with Crippen molar-refractivity contribution in [1.29, 1.82) is 0 Å². The zero-order valence-corrected chi connectivity index (χ0v) is 15.5. The second-order valence-corrected chi connectivity index (χ2v) is 6.75. The molecule has 2 heterocycles. The predicted molar refractivity (Wildman–Crippen MR) is 104 cm³/mol. The predicted octanol–water partition coefficient (Wildman–Crippen LogP) is 3.76. The maximum absolute atomic E-state index is 14.0. The summed E-state index contributed by atoms with van der Waals surface area (Å²) in [4.78, 5) is 12.3. The van der Waals surface area contributed by atoms with E-state index in [4.69, 9.17) is 4.52 Å². The Morgan fingerprint density at radius 3 is 2.96 bits per heavy atom. The van der Waals surface area contributed by atoms with E-state index in [1.807, 2.05) is 12.1 Å². The molecule has 28 heavy (non-hydrogen) atoms. The molecule has 0 aliphatic carbocycles. The summed E-state index contributed by atoms with van der Waals surface area (Å²) in [5.41, 5.74) is 4.56. The zero-order chi connectivity index (χ0) is 19.5.